The summed E-state index contributed by atoms with van der Waals surface area (Å²) in [6.45, 7) is 4.83. The molecule has 5 nitrogen and oxygen atoms in total. The first kappa shape index (κ1) is 15.4. The molecular weight excluding hydrogens is 266 g/mol. The zero-order valence-corrected chi connectivity index (χ0v) is 13.3. The monoisotopic (exact) mass is 289 g/mol. The van der Waals surface area contributed by atoms with Crippen molar-refractivity contribution in [3.8, 4) is 11.5 Å². The summed E-state index contributed by atoms with van der Waals surface area (Å²) < 4.78 is 12.7. The van der Waals surface area contributed by atoms with Crippen molar-refractivity contribution in [1.82, 2.24) is 15.1 Å². The maximum absolute atomic E-state index is 5.42. The lowest BCUT2D eigenvalue weighted by Gasteiger charge is -2.17. The molecule has 0 radical (unpaired) electrons. The van der Waals surface area contributed by atoms with Crippen LogP contribution in [-0.2, 0) is 13.6 Å². The Morgan fingerprint density at radius 1 is 1.24 bits per heavy atom. The summed E-state index contributed by atoms with van der Waals surface area (Å²) in [5.41, 5.74) is 3.27. The van der Waals surface area contributed by atoms with Crippen LogP contribution in [-0.4, -0.2) is 24.0 Å². The fourth-order valence-electron chi connectivity index (χ4n) is 2.51. The van der Waals surface area contributed by atoms with Crippen LogP contribution in [0.4, 0.5) is 0 Å². The first-order chi connectivity index (χ1) is 10.1. The van der Waals surface area contributed by atoms with Gasteiger partial charge in [0.2, 0.25) is 0 Å². The molecule has 2 aromatic rings. The van der Waals surface area contributed by atoms with Gasteiger partial charge in [-0.1, -0.05) is 6.07 Å². The molecule has 1 unspecified atom stereocenters. The van der Waals surface area contributed by atoms with Crippen molar-refractivity contribution in [2.45, 2.75) is 26.4 Å². The Morgan fingerprint density at radius 3 is 2.33 bits per heavy atom. The van der Waals surface area contributed by atoms with E-state index >= 15 is 0 Å². The lowest BCUT2D eigenvalue weighted by Crippen LogP contribution is -2.19. The minimum absolute atomic E-state index is 0.202. The van der Waals surface area contributed by atoms with Crippen LogP contribution >= 0.6 is 0 Å². The minimum Gasteiger partial charge on any atom is -0.496 e. The zero-order valence-electron chi connectivity index (χ0n) is 13.3. The number of aromatic nitrogens is 2. The highest BCUT2D eigenvalue weighted by atomic mass is 16.5. The smallest absolute Gasteiger partial charge is 0.127 e. The summed E-state index contributed by atoms with van der Waals surface area (Å²) in [5, 5.41) is 7.89. The fraction of sp³-hybridized carbons (Fsp3) is 0.438. The van der Waals surface area contributed by atoms with E-state index in [9.17, 15) is 0 Å². The average molecular weight is 289 g/mol. The molecule has 1 heterocycles. The van der Waals surface area contributed by atoms with Gasteiger partial charge >= 0.3 is 0 Å². The number of nitrogens with one attached hydrogen (secondary N) is 1. The molecule has 0 spiro atoms. The molecule has 21 heavy (non-hydrogen) atoms. The average Bonchev–Trinajstić information content (AvgIpc) is 2.83. The van der Waals surface area contributed by atoms with Crippen molar-refractivity contribution in [3.05, 3.63) is 41.2 Å². The van der Waals surface area contributed by atoms with E-state index < -0.39 is 0 Å². The summed E-state index contributed by atoms with van der Waals surface area (Å²) >= 11 is 0. The molecule has 5 heteroatoms. The van der Waals surface area contributed by atoms with Crippen LogP contribution in [0.3, 0.4) is 0 Å². The number of rotatable bonds is 6. The molecule has 0 bridgehead atoms. The van der Waals surface area contributed by atoms with Gasteiger partial charge in [0, 0.05) is 37.0 Å². The van der Waals surface area contributed by atoms with Crippen molar-refractivity contribution >= 4 is 0 Å². The van der Waals surface area contributed by atoms with Gasteiger partial charge in [-0.05, 0) is 26.0 Å². The SMILES string of the molecule is COc1cccc(OC)c1CNC(C)c1cn(C)nc1C. The Kier molecular flexibility index (Phi) is 4.85. The zero-order chi connectivity index (χ0) is 15.4. The Hall–Kier alpha value is -2.01. The third-order valence-electron chi connectivity index (χ3n) is 3.63. The van der Waals surface area contributed by atoms with Gasteiger partial charge in [-0.25, -0.2) is 0 Å². The van der Waals surface area contributed by atoms with E-state index in [1.165, 1.54) is 5.56 Å². The van der Waals surface area contributed by atoms with Crippen LogP contribution in [0.1, 0.15) is 29.8 Å². The van der Waals surface area contributed by atoms with E-state index in [0.29, 0.717) is 6.54 Å². The molecule has 114 valence electrons. The largest absolute Gasteiger partial charge is 0.496 e. The summed E-state index contributed by atoms with van der Waals surface area (Å²) in [5.74, 6) is 1.66. The van der Waals surface area contributed by atoms with Crippen LogP contribution in [0.15, 0.2) is 24.4 Å². The molecule has 0 aliphatic rings. The normalized spacial score (nSPS) is 12.2. The molecule has 0 saturated heterocycles. The quantitative estimate of drug-likeness (QED) is 0.888. The number of nitrogens with zero attached hydrogens (tertiary/aromatic N) is 2. The predicted octanol–water partition coefficient (Wildman–Crippen LogP) is 2.60. The number of methoxy groups -OCH3 is 2. The molecule has 0 amide bonds. The Balaban J connectivity index is 2.14. The van der Waals surface area contributed by atoms with Crippen molar-refractivity contribution in [2.75, 3.05) is 14.2 Å². The first-order valence-corrected chi connectivity index (χ1v) is 7.00. The van der Waals surface area contributed by atoms with E-state index in [1.54, 1.807) is 14.2 Å². The van der Waals surface area contributed by atoms with Crippen molar-refractivity contribution in [1.29, 1.82) is 0 Å². The third-order valence-corrected chi connectivity index (χ3v) is 3.63. The van der Waals surface area contributed by atoms with Crippen LogP contribution in [0.5, 0.6) is 11.5 Å². The lowest BCUT2D eigenvalue weighted by molar-refractivity contribution is 0.380. The van der Waals surface area contributed by atoms with E-state index in [1.807, 2.05) is 43.0 Å². The second-order valence-corrected chi connectivity index (χ2v) is 5.09. The number of benzene rings is 1. The van der Waals surface area contributed by atoms with E-state index in [4.69, 9.17) is 9.47 Å². The lowest BCUT2D eigenvalue weighted by atomic mass is 10.1. The van der Waals surface area contributed by atoms with Gasteiger partial charge in [-0.3, -0.25) is 4.68 Å². The number of hydrogen-bond acceptors (Lipinski definition) is 4. The molecule has 0 saturated carbocycles. The highest BCUT2D eigenvalue weighted by molar-refractivity contribution is 5.44. The maximum Gasteiger partial charge on any atom is 0.127 e. The Bertz CT molecular complexity index is 585. The van der Waals surface area contributed by atoms with Gasteiger partial charge in [0.1, 0.15) is 11.5 Å². The fourth-order valence-corrected chi connectivity index (χ4v) is 2.51. The molecule has 2 rings (SSSR count). The van der Waals surface area contributed by atoms with E-state index in [0.717, 1.165) is 22.8 Å². The van der Waals surface area contributed by atoms with Gasteiger partial charge < -0.3 is 14.8 Å². The Morgan fingerprint density at radius 2 is 1.86 bits per heavy atom. The number of ether oxygens (including phenoxy) is 2. The molecule has 0 aliphatic heterocycles. The van der Waals surface area contributed by atoms with Gasteiger partial charge in [-0.15, -0.1) is 0 Å². The van der Waals surface area contributed by atoms with Crippen molar-refractivity contribution < 1.29 is 9.47 Å². The third kappa shape index (κ3) is 3.36. The molecular formula is C16H23N3O2. The minimum atomic E-state index is 0.202. The highest BCUT2D eigenvalue weighted by Crippen LogP contribution is 2.28. The first-order valence-electron chi connectivity index (χ1n) is 7.00. The molecule has 1 aromatic carbocycles. The molecule has 1 N–H and O–H groups in total. The van der Waals surface area contributed by atoms with Crippen LogP contribution in [0.25, 0.3) is 0 Å². The maximum atomic E-state index is 5.42. The number of hydrogen-bond donors (Lipinski definition) is 1. The second-order valence-electron chi connectivity index (χ2n) is 5.09. The van der Waals surface area contributed by atoms with Gasteiger partial charge in [0.05, 0.1) is 19.9 Å². The predicted molar refractivity (Wildman–Crippen MR) is 82.7 cm³/mol. The summed E-state index contributed by atoms with van der Waals surface area (Å²) in [6.07, 6.45) is 2.05. The number of aryl methyl sites for hydroxylation is 2. The van der Waals surface area contributed by atoms with Crippen LogP contribution < -0.4 is 14.8 Å². The molecule has 1 aromatic heterocycles. The van der Waals surface area contributed by atoms with Gasteiger partial charge in [0.25, 0.3) is 0 Å². The molecule has 0 fully saturated rings. The van der Waals surface area contributed by atoms with Crippen molar-refractivity contribution in [3.63, 3.8) is 0 Å². The van der Waals surface area contributed by atoms with Crippen LogP contribution in [0.2, 0.25) is 0 Å². The molecule has 1 atom stereocenters. The summed E-state index contributed by atoms with van der Waals surface area (Å²) in [6, 6.07) is 6.02. The second kappa shape index (κ2) is 6.63. The van der Waals surface area contributed by atoms with E-state index in [2.05, 4.69) is 17.3 Å². The van der Waals surface area contributed by atoms with Crippen molar-refractivity contribution in [2.24, 2.45) is 7.05 Å². The van der Waals surface area contributed by atoms with Crippen LogP contribution in [0, 0.1) is 6.92 Å². The summed E-state index contributed by atoms with van der Waals surface area (Å²) in [4.78, 5) is 0. The highest BCUT2D eigenvalue weighted by Gasteiger charge is 2.14. The summed E-state index contributed by atoms with van der Waals surface area (Å²) in [7, 11) is 5.28. The standard InChI is InChI=1S/C16H23N3O2/c1-11(14-10-19(3)18-12(14)2)17-9-13-15(20-4)7-6-8-16(13)21-5/h6-8,10-11,17H,9H2,1-5H3. The van der Waals surface area contributed by atoms with Gasteiger partial charge in [-0.2, -0.15) is 5.10 Å². The topological polar surface area (TPSA) is 48.3 Å². The van der Waals surface area contributed by atoms with E-state index in [-0.39, 0.29) is 6.04 Å². The Labute approximate surface area is 125 Å². The molecule has 0 aliphatic carbocycles. The van der Waals surface area contributed by atoms with Gasteiger partial charge in [0.15, 0.2) is 0 Å².